The highest BCUT2D eigenvalue weighted by Gasteiger charge is 2.37. The Morgan fingerprint density at radius 3 is 2.72 bits per heavy atom. The molecule has 2 saturated heterocycles. The van der Waals surface area contributed by atoms with Crippen LogP contribution in [0.3, 0.4) is 0 Å². The predicted octanol–water partition coefficient (Wildman–Crippen LogP) is 1.45. The van der Waals surface area contributed by atoms with E-state index in [1.165, 1.54) is 25.7 Å². The van der Waals surface area contributed by atoms with Crippen molar-refractivity contribution in [2.75, 3.05) is 53.2 Å². The summed E-state index contributed by atoms with van der Waals surface area (Å²) in [6.07, 6.45) is 4.93. The third kappa shape index (κ3) is 4.19. The summed E-state index contributed by atoms with van der Waals surface area (Å²) in [6, 6.07) is 0. The van der Waals surface area contributed by atoms with Gasteiger partial charge in [0, 0.05) is 45.4 Å². The highest BCUT2D eigenvalue weighted by atomic mass is 16.5. The zero-order valence-electron chi connectivity index (χ0n) is 11.6. The van der Waals surface area contributed by atoms with Crippen LogP contribution in [-0.4, -0.2) is 53.2 Å². The lowest BCUT2D eigenvalue weighted by Crippen LogP contribution is -2.38. The number of nitrogens with one attached hydrogen (secondary N) is 1. The molecule has 1 atom stereocenters. The van der Waals surface area contributed by atoms with Crippen LogP contribution in [0, 0.1) is 11.3 Å². The van der Waals surface area contributed by atoms with Crippen LogP contribution in [-0.2, 0) is 14.2 Å². The van der Waals surface area contributed by atoms with Gasteiger partial charge in [0.25, 0.3) is 0 Å². The largest absolute Gasteiger partial charge is 0.383 e. The zero-order chi connectivity index (χ0) is 12.7. The van der Waals surface area contributed by atoms with Gasteiger partial charge >= 0.3 is 0 Å². The maximum absolute atomic E-state index is 5.66. The summed E-state index contributed by atoms with van der Waals surface area (Å²) >= 11 is 0. The topological polar surface area (TPSA) is 39.7 Å². The average molecular weight is 257 g/mol. The van der Waals surface area contributed by atoms with Crippen LogP contribution in [0.2, 0.25) is 0 Å². The summed E-state index contributed by atoms with van der Waals surface area (Å²) in [5.41, 5.74) is 0.357. The van der Waals surface area contributed by atoms with Gasteiger partial charge in [-0.25, -0.2) is 0 Å². The monoisotopic (exact) mass is 257 g/mol. The van der Waals surface area contributed by atoms with E-state index >= 15 is 0 Å². The van der Waals surface area contributed by atoms with E-state index in [9.17, 15) is 0 Å². The van der Waals surface area contributed by atoms with E-state index in [0.717, 1.165) is 52.0 Å². The van der Waals surface area contributed by atoms with Crippen LogP contribution in [0.15, 0.2) is 0 Å². The second kappa shape index (κ2) is 7.43. The van der Waals surface area contributed by atoms with E-state index in [4.69, 9.17) is 14.2 Å². The Morgan fingerprint density at radius 1 is 1.22 bits per heavy atom. The van der Waals surface area contributed by atoms with Crippen LogP contribution in [0.25, 0.3) is 0 Å². The molecule has 0 bridgehead atoms. The number of rotatable bonds is 7. The molecule has 0 radical (unpaired) electrons. The smallest absolute Gasteiger partial charge is 0.0587 e. The maximum atomic E-state index is 5.66. The van der Waals surface area contributed by atoms with Gasteiger partial charge in [-0.2, -0.15) is 0 Å². The summed E-state index contributed by atoms with van der Waals surface area (Å²) in [4.78, 5) is 0. The van der Waals surface area contributed by atoms with Crippen molar-refractivity contribution in [3.05, 3.63) is 0 Å². The van der Waals surface area contributed by atoms with E-state index in [2.05, 4.69) is 5.32 Å². The summed E-state index contributed by atoms with van der Waals surface area (Å²) in [6.45, 7) is 6.52. The zero-order valence-corrected chi connectivity index (χ0v) is 11.6. The van der Waals surface area contributed by atoms with Crippen molar-refractivity contribution >= 4 is 0 Å². The summed E-state index contributed by atoms with van der Waals surface area (Å²) < 4.78 is 16.2. The van der Waals surface area contributed by atoms with Crippen LogP contribution < -0.4 is 5.32 Å². The van der Waals surface area contributed by atoms with Crippen molar-refractivity contribution in [3.63, 3.8) is 0 Å². The molecule has 2 aliphatic rings. The normalized spacial score (nSPS) is 29.8. The van der Waals surface area contributed by atoms with Gasteiger partial charge in [-0.1, -0.05) is 0 Å². The fraction of sp³-hybridized carbons (Fsp3) is 1.00. The molecule has 0 aromatic heterocycles. The van der Waals surface area contributed by atoms with Gasteiger partial charge < -0.3 is 19.5 Å². The quantitative estimate of drug-likeness (QED) is 0.701. The maximum Gasteiger partial charge on any atom is 0.0587 e. The van der Waals surface area contributed by atoms with Crippen molar-refractivity contribution in [3.8, 4) is 0 Å². The van der Waals surface area contributed by atoms with Crippen LogP contribution in [0.4, 0.5) is 0 Å². The first-order chi connectivity index (χ1) is 8.85. The molecule has 0 saturated carbocycles. The van der Waals surface area contributed by atoms with Crippen LogP contribution >= 0.6 is 0 Å². The fourth-order valence-electron chi connectivity index (χ4n) is 3.11. The Morgan fingerprint density at radius 2 is 2.06 bits per heavy atom. The van der Waals surface area contributed by atoms with Crippen molar-refractivity contribution in [1.82, 2.24) is 5.32 Å². The van der Waals surface area contributed by atoms with E-state index in [1.807, 2.05) is 0 Å². The lowest BCUT2D eigenvalue weighted by molar-refractivity contribution is 0.0423. The van der Waals surface area contributed by atoms with Crippen molar-refractivity contribution < 1.29 is 14.2 Å². The minimum Gasteiger partial charge on any atom is -0.383 e. The molecule has 4 heteroatoms. The Kier molecular flexibility index (Phi) is 5.89. The Bertz CT molecular complexity index is 223. The highest BCUT2D eigenvalue weighted by molar-refractivity contribution is 4.88. The molecule has 1 unspecified atom stereocenters. The molecule has 2 aliphatic heterocycles. The summed E-state index contributed by atoms with van der Waals surface area (Å²) in [5.74, 6) is 0.824. The van der Waals surface area contributed by atoms with Crippen molar-refractivity contribution in [2.45, 2.75) is 25.7 Å². The molecule has 18 heavy (non-hydrogen) atoms. The van der Waals surface area contributed by atoms with E-state index in [1.54, 1.807) is 7.11 Å². The molecule has 0 spiro atoms. The minimum atomic E-state index is 0.357. The van der Waals surface area contributed by atoms with E-state index in [0.29, 0.717) is 5.41 Å². The first-order valence-corrected chi connectivity index (χ1v) is 7.20. The number of hydrogen-bond acceptors (Lipinski definition) is 4. The molecular weight excluding hydrogens is 230 g/mol. The third-order valence-corrected chi connectivity index (χ3v) is 4.23. The van der Waals surface area contributed by atoms with Crippen molar-refractivity contribution in [2.24, 2.45) is 11.3 Å². The predicted molar refractivity (Wildman–Crippen MR) is 70.8 cm³/mol. The highest BCUT2D eigenvalue weighted by Crippen LogP contribution is 2.37. The Labute approximate surface area is 110 Å². The van der Waals surface area contributed by atoms with Gasteiger partial charge in [0.15, 0.2) is 0 Å². The number of ether oxygens (including phenoxy) is 3. The third-order valence-electron chi connectivity index (χ3n) is 4.23. The second-order valence-electron chi connectivity index (χ2n) is 5.73. The average Bonchev–Trinajstić information content (AvgIpc) is 2.85. The first-order valence-electron chi connectivity index (χ1n) is 7.20. The molecular formula is C14H27NO3. The lowest BCUT2D eigenvalue weighted by atomic mass is 9.76. The molecule has 4 nitrogen and oxygen atoms in total. The molecule has 0 aliphatic carbocycles. The number of hydrogen-bond donors (Lipinski definition) is 1. The van der Waals surface area contributed by atoms with Gasteiger partial charge in [-0.15, -0.1) is 0 Å². The van der Waals surface area contributed by atoms with E-state index < -0.39 is 0 Å². The molecule has 0 aromatic carbocycles. The first kappa shape index (κ1) is 14.3. The van der Waals surface area contributed by atoms with Crippen LogP contribution in [0.1, 0.15) is 25.7 Å². The number of methoxy groups -OCH3 is 1. The molecule has 1 N–H and O–H groups in total. The Hall–Kier alpha value is -0.160. The van der Waals surface area contributed by atoms with Gasteiger partial charge in [-0.05, 0) is 31.6 Å². The fourth-order valence-corrected chi connectivity index (χ4v) is 3.11. The SMILES string of the molecule is COCCNCC1(CC2CCOCC2)CCOC1. The molecule has 0 amide bonds. The molecule has 2 rings (SSSR count). The summed E-state index contributed by atoms with van der Waals surface area (Å²) in [5, 5.41) is 3.52. The van der Waals surface area contributed by atoms with E-state index in [-0.39, 0.29) is 0 Å². The Balaban J connectivity index is 1.77. The van der Waals surface area contributed by atoms with Gasteiger partial charge in [0.1, 0.15) is 0 Å². The molecule has 0 aromatic rings. The molecule has 2 fully saturated rings. The van der Waals surface area contributed by atoms with Gasteiger partial charge in [-0.3, -0.25) is 0 Å². The summed E-state index contributed by atoms with van der Waals surface area (Å²) in [7, 11) is 1.75. The minimum absolute atomic E-state index is 0.357. The molecule has 106 valence electrons. The van der Waals surface area contributed by atoms with Crippen LogP contribution in [0.5, 0.6) is 0 Å². The lowest BCUT2D eigenvalue weighted by Gasteiger charge is -2.33. The van der Waals surface area contributed by atoms with Crippen molar-refractivity contribution in [1.29, 1.82) is 0 Å². The van der Waals surface area contributed by atoms with Gasteiger partial charge in [0.2, 0.25) is 0 Å². The van der Waals surface area contributed by atoms with Gasteiger partial charge in [0.05, 0.1) is 13.2 Å². The standard InChI is InChI=1S/C14H27NO3/c1-16-9-5-15-11-14(4-8-18-12-14)10-13-2-6-17-7-3-13/h13,15H,2-12H2,1H3. The second-order valence-corrected chi connectivity index (χ2v) is 5.73. The molecule has 2 heterocycles.